The zero-order valence-corrected chi connectivity index (χ0v) is 12.8. The SMILES string of the molecule is Cc1noc(CCCC(=O)N2CCc3c(F)ccc(F)c3C2)n1. The molecule has 0 spiro atoms. The second-order valence-electron chi connectivity index (χ2n) is 5.64. The lowest BCUT2D eigenvalue weighted by molar-refractivity contribution is -0.132. The van der Waals surface area contributed by atoms with Crippen LogP contribution >= 0.6 is 0 Å². The second-order valence-corrected chi connectivity index (χ2v) is 5.64. The van der Waals surface area contributed by atoms with Gasteiger partial charge in [0.1, 0.15) is 11.6 Å². The van der Waals surface area contributed by atoms with Crippen molar-refractivity contribution >= 4 is 5.91 Å². The third-order valence-electron chi connectivity index (χ3n) is 4.00. The molecule has 1 amide bonds. The summed E-state index contributed by atoms with van der Waals surface area (Å²) >= 11 is 0. The van der Waals surface area contributed by atoms with E-state index in [0.717, 1.165) is 12.1 Å². The predicted octanol–water partition coefficient (Wildman–Crippen LogP) is 2.56. The van der Waals surface area contributed by atoms with E-state index in [9.17, 15) is 13.6 Å². The molecule has 5 nitrogen and oxygen atoms in total. The molecule has 0 saturated heterocycles. The van der Waals surface area contributed by atoms with Crippen LogP contribution in [-0.4, -0.2) is 27.5 Å². The van der Waals surface area contributed by atoms with Gasteiger partial charge in [-0.15, -0.1) is 0 Å². The van der Waals surface area contributed by atoms with Crippen molar-refractivity contribution in [1.82, 2.24) is 15.0 Å². The predicted molar refractivity (Wildman–Crippen MR) is 77.5 cm³/mol. The Bertz CT molecular complexity index is 730. The molecule has 0 aliphatic carbocycles. The van der Waals surface area contributed by atoms with E-state index in [0.29, 0.717) is 49.5 Å². The lowest BCUT2D eigenvalue weighted by Crippen LogP contribution is -2.36. The summed E-state index contributed by atoms with van der Waals surface area (Å²) in [5.41, 5.74) is 0.674. The van der Waals surface area contributed by atoms with Crippen LogP contribution in [0.3, 0.4) is 0 Å². The van der Waals surface area contributed by atoms with Crippen molar-refractivity contribution in [1.29, 1.82) is 0 Å². The highest BCUT2D eigenvalue weighted by atomic mass is 19.1. The fraction of sp³-hybridized carbons (Fsp3) is 0.438. The van der Waals surface area contributed by atoms with E-state index in [1.54, 1.807) is 11.8 Å². The van der Waals surface area contributed by atoms with Gasteiger partial charge in [0.2, 0.25) is 11.8 Å². The second kappa shape index (κ2) is 6.44. The maximum absolute atomic E-state index is 13.8. The van der Waals surface area contributed by atoms with Crippen LogP contribution in [0, 0.1) is 18.6 Å². The highest BCUT2D eigenvalue weighted by Crippen LogP contribution is 2.25. The summed E-state index contributed by atoms with van der Waals surface area (Å²) in [6, 6.07) is 2.25. The average Bonchev–Trinajstić information content (AvgIpc) is 2.96. The molecule has 1 aliphatic heterocycles. The zero-order chi connectivity index (χ0) is 16.4. The first-order valence-corrected chi connectivity index (χ1v) is 7.57. The van der Waals surface area contributed by atoms with E-state index in [1.165, 1.54) is 0 Å². The minimum atomic E-state index is -0.458. The lowest BCUT2D eigenvalue weighted by atomic mass is 9.98. The molecule has 0 radical (unpaired) electrons. The third-order valence-corrected chi connectivity index (χ3v) is 4.00. The monoisotopic (exact) mass is 321 g/mol. The normalized spacial score (nSPS) is 14.0. The summed E-state index contributed by atoms with van der Waals surface area (Å²) in [4.78, 5) is 17.9. The van der Waals surface area contributed by atoms with Crippen LogP contribution in [0.5, 0.6) is 0 Å². The van der Waals surface area contributed by atoms with Crippen molar-refractivity contribution in [3.8, 4) is 0 Å². The summed E-state index contributed by atoms with van der Waals surface area (Å²) in [6.45, 7) is 2.26. The van der Waals surface area contributed by atoms with E-state index in [1.807, 2.05) is 0 Å². The van der Waals surface area contributed by atoms with Crippen molar-refractivity contribution in [2.45, 2.75) is 39.2 Å². The molecule has 1 aliphatic rings. The molecule has 1 aromatic carbocycles. The number of amides is 1. The van der Waals surface area contributed by atoms with E-state index < -0.39 is 11.6 Å². The standard InChI is InChI=1S/C16H17F2N3O2/c1-10-19-15(23-20-10)3-2-4-16(22)21-8-7-11-12(9-21)14(18)6-5-13(11)17/h5-6H,2-4,7-9H2,1H3. The zero-order valence-electron chi connectivity index (χ0n) is 12.8. The van der Waals surface area contributed by atoms with E-state index in [4.69, 9.17) is 4.52 Å². The highest BCUT2D eigenvalue weighted by molar-refractivity contribution is 5.76. The van der Waals surface area contributed by atoms with Gasteiger partial charge >= 0.3 is 0 Å². The van der Waals surface area contributed by atoms with E-state index >= 15 is 0 Å². The van der Waals surface area contributed by atoms with Gasteiger partial charge in [0, 0.05) is 31.5 Å². The number of carbonyl (C=O) groups is 1. The van der Waals surface area contributed by atoms with E-state index in [-0.39, 0.29) is 18.0 Å². The van der Waals surface area contributed by atoms with Gasteiger partial charge in [-0.05, 0) is 37.5 Å². The Morgan fingerprint density at radius 2 is 2.04 bits per heavy atom. The molecule has 0 bridgehead atoms. The van der Waals surface area contributed by atoms with Crippen molar-refractivity contribution in [3.05, 3.63) is 46.6 Å². The van der Waals surface area contributed by atoms with Gasteiger partial charge in [0.05, 0.1) is 0 Å². The van der Waals surface area contributed by atoms with Gasteiger partial charge in [0.15, 0.2) is 5.82 Å². The molecule has 0 fully saturated rings. The topological polar surface area (TPSA) is 59.2 Å². The number of hydrogen-bond donors (Lipinski definition) is 0. The molecule has 122 valence electrons. The quantitative estimate of drug-likeness (QED) is 0.868. The number of benzene rings is 1. The molecule has 3 rings (SSSR count). The Morgan fingerprint density at radius 3 is 2.74 bits per heavy atom. The average molecular weight is 321 g/mol. The molecule has 0 N–H and O–H groups in total. The summed E-state index contributed by atoms with van der Waals surface area (Å²) in [6.07, 6.45) is 1.76. The van der Waals surface area contributed by atoms with Gasteiger partial charge in [-0.1, -0.05) is 5.16 Å². The van der Waals surface area contributed by atoms with Crippen LogP contribution in [0.2, 0.25) is 0 Å². The molecular weight excluding hydrogens is 304 g/mol. The number of aryl methyl sites for hydroxylation is 2. The maximum atomic E-state index is 13.8. The van der Waals surface area contributed by atoms with Crippen LogP contribution in [-0.2, 0) is 24.2 Å². The van der Waals surface area contributed by atoms with Gasteiger partial charge in [-0.25, -0.2) is 8.78 Å². The lowest BCUT2D eigenvalue weighted by Gasteiger charge is -2.29. The highest BCUT2D eigenvalue weighted by Gasteiger charge is 2.25. The number of hydrogen-bond acceptors (Lipinski definition) is 4. The van der Waals surface area contributed by atoms with Crippen LogP contribution in [0.25, 0.3) is 0 Å². The summed E-state index contributed by atoms with van der Waals surface area (Å²) in [5, 5.41) is 3.69. The van der Waals surface area contributed by atoms with Gasteiger partial charge < -0.3 is 9.42 Å². The fourth-order valence-corrected chi connectivity index (χ4v) is 2.80. The summed E-state index contributed by atoms with van der Waals surface area (Å²) < 4.78 is 32.5. The smallest absolute Gasteiger partial charge is 0.226 e. The number of aromatic nitrogens is 2. The molecular formula is C16H17F2N3O2. The van der Waals surface area contributed by atoms with Crippen molar-refractivity contribution in [2.75, 3.05) is 6.54 Å². The van der Waals surface area contributed by atoms with Crippen LogP contribution in [0.4, 0.5) is 8.78 Å². The number of halogens is 2. The molecule has 23 heavy (non-hydrogen) atoms. The van der Waals surface area contributed by atoms with Crippen LogP contribution in [0.15, 0.2) is 16.7 Å². The van der Waals surface area contributed by atoms with Crippen LogP contribution in [0.1, 0.15) is 35.7 Å². The minimum absolute atomic E-state index is 0.0736. The minimum Gasteiger partial charge on any atom is -0.339 e. The van der Waals surface area contributed by atoms with Crippen molar-refractivity contribution in [3.63, 3.8) is 0 Å². The molecule has 0 saturated carbocycles. The number of carbonyl (C=O) groups excluding carboxylic acids is 1. The van der Waals surface area contributed by atoms with Gasteiger partial charge in [-0.2, -0.15) is 4.98 Å². The number of nitrogens with zero attached hydrogens (tertiary/aromatic N) is 3. The first-order valence-electron chi connectivity index (χ1n) is 7.57. The molecule has 0 unspecified atom stereocenters. The maximum Gasteiger partial charge on any atom is 0.226 e. The molecule has 2 aromatic rings. The van der Waals surface area contributed by atoms with Crippen molar-refractivity contribution in [2.24, 2.45) is 0 Å². The Balaban J connectivity index is 1.57. The number of rotatable bonds is 4. The third kappa shape index (κ3) is 3.38. The van der Waals surface area contributed by atoms with E-state index in [2.05, 4.69) is 10.1 Å². The van der Waals surface area contributed by atoms with Crippen molar-refractivity contribution < 1.29 is 18.1 Å². The summed E-state index contributed by atoms with van der Waals surface area (Å²) in [7, 11) is 0. The van der Waals surface area contributed by atoms with Gasteiger partial charge in [0.25, 0.3) is 0 Å². The molecule has 0 atom stereocenters. The Morgan fingerprint density at radius 1 is 1.30 bits per heavy atom. The Labute approximate surface area is 132 Å². The Kier molecular flexibility index (Phi) is 4.36. The largest absolute Gasteiger partial charge is 0.339 e. The van der Waals surface area contributed by atoms with Gasteiger partial charge in [-0.3, -0.25) is 4.79 Å². The number of fused-ring (bicyclic) bond motifs is 1. The molecule has 2 heterocycles. The Hall–Kier alpha value is -2.31. The first-order chi connectivity index (χ1) is 11.0. The molecule has 7 heteroatoms. The molecule has 1 aromatic heterocycles. The fourth-order valence-electron chi connectivity index (χ4n) is 2.80. The van der Waals surface area contributed by atoms with Crippen LogP contribution < -0.4 is 0 Å². The first kappa shape index (κ1) is 15.6. The summed E-state index contributed by atoms with van der Waals surface area (Å²) in [5.74, 6) is 0.139.